The number of imide groups is 1. The summed E-state index contributed by atoms with van der Waals surface area (Å²) in [7, 11) is 0. The SMILES string of the molecule is CC(=O)c1cccc(N2C(=O)C3CCCCC3C2=O)c1. The van der Waals surface area contributed by atoms with Crippen molar-refractivity contribution >= 4 is 23.3 Å². The number of rotatable bonds is 2. The van der Waals surface area contributed by atoms with E-state index in [0.29, 0.717) is 11.3 Å². The van der Waals surface area contributed by atoms with Crippen LogP contribution in [-0.4, -0.2) is 17.6 Å². The van der Waals surface area contributed by atoms with E-state index in [0.717, 1.165) is 25.7 Å². The van der Waals surface area contributed by atoms with Crippen LogP contribution in [-0.2, 0) is 9.59 Å². The summed E-state index contributed by atoms with van der Waals surface area (Å²) in [4.78, 5) is 37.6. The number of anilines is 1. The minimum atomic E-state index is -0.155. The Morgan fingerprint density at radius 2 is 1.70 bits per heavy atom. The maximum atomic E-state index is 12.5. The van der Waals surface area contributed by atoms with Crippen molar-refractivity contribution in [2.75, 3.05) is 4.90 Å². The maximum absolute atomic E-state index is 12.5. The van der Waals surface area contributed by atoms with Gasteiger partial charge in [0.05, 0.1) is 17.5 Å². The summed E-state index contributed by atoms with van der Waals surface area (Å²) < 4.78 is 0. The highest BCUT2D eigenvalue weighted by atomic mass is 16.2. The minimum absolute atomic E-state index is 0.0663. The molecular formula is C16H17NO3. The summed E-state index contributed by atoms with van der Waals surface area (Å²) >= 11 is 0. The second-order valence-corrected chi connectivity index (χ2v) is 5.62. The van der Waals surface area contributed by atoms with Gasteiger partial charge in [-0.1, -0.05) is 25.0 Å². The van der Waals surface area contributed by atoms with Crippen molar-refractivity contribution in [3.05, 3.63) is 29.8 Å². The van der Waals surface area contributed by atoms with Crippen LogP contribution in [0.3, 0.4) is 0 Å². The number of amides is 2. The molecule has 0 aromatic heterocycles. The van der Waals surface area contributed by atoms with E-state index in [1.807, 2.05) is 0 Å². The molecule has 104 valence electrons. The van der Waals surface area contributed by atoms with Crippen molar-refractivity contribution in [2.45, 2.75) is 32.6 Å². The Labute approximate surface area is 117 Å². The topological polar surface area (TPSA) is 54.5 Å². The average Bonchev–Trinajstić information content (AvgIpc) is 2.72. The smallest absolute Gasteiger partial charge is 0.237 e. The molecule has 1 saturated carbocycles. The van der Waals surface area contributed by atoms with Gasteiger partial charge in [-0.15, -0.1) is 0 Å². The molecule has 0 bridgehead atoms. The number of nitrogens with zero attached hydrogens (tertiary/aromatic N) is 1. The Bertz CT molecular complexity index is 569. The van der Waals surface area contributed by atoms with Gasteiger partial charge in [0.15, 0.2) is 5.78 Å². The molecule has 1 saturated heterocycles. The van der Waals surface area contributed by atoms with Gasteiger partial charge in [-0.3, -0.25) is 19.3 Å². The van der Waals surface area contributed by atoms with Crippen LogP contribution in [0.25, 0.3) is 0 Å². The average molecular weight is 271 g/mol. The molecule has 2 atom stereocenters. The van der Waals surface area contributed by atoms with Crippen molar-refractivity contribution in [3.63, 3.8) is 0 Å². The molecule has 4 nitrogen and oxygen atoms in total. The van der Waals surface area contributed by atoms with Crippen LogP contribution in [0.1, 0.15) is 43.0 Å². The van der Waals surface area contributed by atoms with Gasteiger partial charge >= 0.3 is 0 Å². The number of hydrogen-bond acceptors (Lipinski definition) is 3. The molecule has 1 aromatic carbocycles. The first-order chi connectivity index (χ1) is 9.59. The fourth-order valence-electron chi connectivity index (χ4n) is 3.28. The van der Waals surface area contributed by atoms with E-state index in [-0.39, 0.29) is 29.4 Å². The lowest BCUT2D eigenvalue weighted by Crippen LogP contribution is -2.30. The second kappa shape index (κ2) is 4.85. The van der Waals surface area contributed by atoms with Crippen molar-refractivity contribution < 1.29 is 14.4 Å². The van der Waals surface area contributed by atoms with Crippen LogP contribution in [0.15, 0.2) is 24.3 Å². The molecule has 0 radical (unpaired) electrons. The first kappa shape index (κ1) is 13.0. The number of Topliss-reactive ketones (excluding diaryl/α,β-unsaturated/α-hetero) is 1. The molecule has 1 aliphatic carbocycles. The molecule has 1 aliphatic heterocycles. The third-order valence-corrected chi connectivity index (χ3v) is 4.35. The molecule has 4 heteroatoms. The zero-order valence-electron chi connectivity index (χ0n) is 11.5. The predicted octanol–water partition coefficient (Wildman–Crippen LogP) is 2.57. The van der Waals surface area contributed by atoms with Crippen LogP contribution < -0.4 is 4.90 Å². The zero-order chi connectivity index (χ0) is 14.3. The van der Waals surface area contributed by atoms with E-state index < -0.39 is 0 Å². The highest BCUT2D eigenvalue weighted by Crippen LogP contribution is 2.40. The van der Waals surface area contributed by atoms with Crippen LogP contribution in [0.4, 0.5) is 5.69 Å². The van der Waals surface area contributed by atoms with Crippen molar-refractivity contribution in [1.29, 1.82) is 0 Å². The quantitative estimate of drug-likeness (QED) is 0.613. The normalized spacial score (nSPS) is 25.8. The highest BCUT2D eigenvalue weighted by Gasteiger charge is 2.48. The number of hydrogen-bond donors (Lipinski definition) is 0. The van der Waals surface area contributed by atoms with Crippen LogP contribution in [0.2, 0.25) is 0 Å². The van der Waals surface area contributed by atoms with E-state index >= 15 is 0 Å². The largest absolute Gasteiger partial charge is 0.295 e. The van der Waals surface area contributed by atoms with Gasteiger partial charge in [0.25, 0.3) is 0 Å². The van der Waals surface area contributed by atoms with Gasteiger partial charge in [-0.05, 0) is 31.9 Å². The maximum Gasteiger partial charge on any atom is 0.237 e. The lowest BCUT2D eigenvalue weighted by molar-refractivity contribution is -0.122. The van der Waals surface area contributed by atoms with E-state index in [4.69, 9.17) is 0 Å². The third-order valence-electron chi connectivity index (χ3n) is 4.35. The lowest BCUT2D eigenvalue weighted by atomic mass is 9.81. The number of carbonyl (C=O) groups excluding carboxylic acids is 3. The van der Waals surface area contributed by atoms with Crippen molar-refractivity contribution in [1.82, 2.24) is 0 Å². The number of benzene rings is 1. The molecule has 0 N–H and O–H groups in total. The molecule has 0 spiro atoms. The molecule has 3 rings (SSSR count). The highest BCUT2D eigenvalue weighted by molar-refractivity contribution is 6.22. The zero-order valence-corrected chi connectivity index (χ0v) is 11.5. The summed E-state index contributed by atoms with van der Waals surface area (Å²) in [6.45, 7) is 1.48. The first-order valence-corrected chi connectivity index (χ1v) is 7.08. The second-order valence-electron chi connectivity index (χ2n) is 5.62. The molecule has 2 unspecified atom stereocenters. The van der Waals surface area contributed by atoms with Crippen LogP contribution in [0.5, 0.6) is 0 Å². The molecule has 2 fully saturated rings. The van der Waals surface area contributed by atoms with Gasteiger partial charge in [-0.25, -0.2) is 0 Å². The molecule has 1 heterocycles. The van der Waals surface area contributed by atoms with Gasteiger partial charge in [0.2, 0.25) is 11.8 Å². The Morgan fingerprint density at radius 3 is 2.25 bits per heavy atom. The fourth-order valence-corrected chi connectivity index (χ4v) is 3.28. The summed E-state index contributed by atoms with van der Waals surface area (Å²) in [6.07, 6.45) is 3.64. The Kier molecular flexibility index (Phi) is 3.16. The molecule has 1 aromatic rings. The summed E-state index contributed by atoms with van der Waals surface area (Å²) in [5.41, 5.74) is 1.06. The lowest BCUT2D eigenvalue weighted by Gasteiger charge is -2.19. The van der Waals surface area contributed by atoms with Crippen molar-refractivity contribution in [3.8, 4) is 0 Å². The summed E-state index contributed by atoms with van der Waals surface area (Å²) in [6, 6.07) is 6.77. The van der Waals surface area contributed by atoms with Crippen LogP contribution >= 0.6 is 0 Å². The fraction of sp³-hybridized carbons (Fsp3) is 0.438. The van der Waals surface area contributed by atoms with Crippen molar-refractivity contribution in [2.24, 2.45) is 11.8 Å². The number of fused-ring (bicyclic) bond motifs is 1. The molecule has 2 aliphatic rings. The van der Waals surface area contributed by atoms with Gasteiger partial charge in [-0.2, -0.15) is 0 Å². The number of ketones is 1. The Morgan fingerprint density at radius 1 is 1.10 bits per heavy atom. The van der Waals surface area contributed by atoms with E-state index in [9.17, 15) is 14.4 Å². The molecule has 20 heavy (non-hydrogen) atoms. The van der Waals surface area contributed by atoms with Gasteiger partial charge in [0, 0.05) is 5.56 Å². The monoisotopic (exact) mass is 271 g/mol. The minimum Gasteiger partial charge on any atom is -0.295 e. The first-order valence-electron chi connectivity index (χ1n) is 7.08. The van der Waals surface area contributed by atoms with Gasteiger partial charge < -0.3 is 0 Å². The third kappa shape index (κ3) is 1.96. The van der Waals surface area contributed by atoms with E-state index in [2.05, 4.69) is 0 Å². The molecular weight excluding hydrogens is 254 g/mol. The van der Waals surface area contributed by atoms with Gasteiger partial charge in [0.1, 0.15) is 0 Å². The molecule has 2 amide bonds. The van der Waals surface area contributed by atoms with Crippen LogP contribution in [0, 0.1) is 11.8 Å². The summed E-state index contributed by atoms with van der Waals surface area (Å²) in [5, 5.41) is 0. The summed E-state index contributed by atoms with van der Waals surface area (Å²) in [5.74, 6) is -0.571. The Balaban J connectivity index is 1.97. The predicted molar refractivity (Wildman–Crippen MR) is 74.4 cm³/mol. The van der Waals surface area contributed by atoms with E-state index in [1.54, 1.807) is 24.3 Å². The number of carbonyl (C=O) groups is 3. The Hall–Kier alpha value is -1.97. The standard InChI is InChI=1S/C16H17NO3/c1-10(18)11-5-4-6-12(9-11)17-15(19)13-7-2-3-8-14(13)16(17)20/h4-6,9,13-14H,2-3,7-8H2,1H3. The van der Waals surface area contributed by atoms with E-state index in [1.165, 1.54) is 11.8 Å².